The lowest BCUT2D eigenvalue weighted by molar-refractivity contribution is -0.137. The minimum Gasteiger partial charge on any atom is -0.372 e. The van der Waals surface area contributed by atoms with E-state index in [1.807, 2.05) is 0 Å². The van der Waals surface area contributed by atoms with Crippen molar-refractivity contribution >= 4 is 16.7 Å². The highest BCUT2D eigenvalue weighted by Gasteiger charge is 2.31. The summed E-state index contributed by atoms with van der Waals surface area (Å²) < 4.78 is 40.4. The summed E-state index contributed by atoms with van der Waals surface area (Å²) >= 11 is 0. The Morgan fingerprint density at radius 1 is 1.33 bits per heavy atom. The van der Waals surface area contributed by atoms with Crippen LogP contribution in [0.4, 0.5) is 19.0 Å². The van der Waals surface area contributed by atoms with E-state index >= 15 is 0 Å². The van der Waals surface area contributed by atoms with Crippen LogP contribution >= 0.6 is 0 Å². The van der Waals surface area contributed by atoms with Crippen LogP contribution < -0.4 is 11.0 Å². The van der Waals surface area contributed by atoms with Crippen LogP contribution in [-0.2, 0) is 6.18 Å². The minimum absolute atomic E-state index is 0.149. The molecule has 9 heteroatoms. The Bertz CT molecular complexity index is 931. The highest BCUT2D eigenvalue weighted by atomic mass is 19.4. The zero-order valence-electron chi connectivity index (χ0n) is 12.8. The Morgan fingerprint density at radius 3 is 2.67 bits per heavy atom. The average molecular weight is 337 g/mol. The molecule has 0 aliphatic heterocycles. The van der Waals surface area contributed by atoms with Crippen molar-refractivity contribution in [3.8, 4) is 0 Å². The number of halogens is 3. The van der Waals surface area contributed by atoms with Crippen molar-refractivity contribution in [1.29, 1.82) is 0 Å². The van der Waals surface area contributed by atoms with E-state index < -0.39 is 23.5 Å². The Balaban J connectivity index is 2.34. The number of aromatic nitrogens is 4. The summed E-state index contributed by atoms with van der Waals surface area (Å²) in [5.74, 6) is 0.233. The topological polar surface area (TPSA) is 75.6 Å². The van der Waals surface area contributed by atoms with Crippen molar-refractivity contribution in [3.63, 3.8) is 0 Å². The quantitative estimate of drug-likeness (QED) is 0.771. The number of nitrogens with zero attached hydrogens (tertiary/aromatic N) is 3. The molecule has 1 atom stereocenters. The number of anilines is 1. The number of aromatic amines is 1. The number of hydrogen-bond acceptors (Lipinski definition) is 4. The predicted octanol–water partition coefficient (Wildman–Crippen LogP) is 2.79. The molecule has 0 saturated carbocycles. The zero-order valence-corrected chi connectivity index (χ0v) is 12.8. The molecule has 3 rings (SSSR count). The number of nitrogens with one attached hydrogen (secondary N) is 2. The number of imidazole rings is 1. The maximum Gasteiger partial charge on any atom is 0.416 e. The SMILES string of the molecule is CNc1nc(=O)n([C@@H](C)c2cnc[nH]2)c2cc(C(F)(F)F)ccc12. The summed E-state index contributed by atoms with van der Waals surface area (Å²) in [6.07, 6.45) is -1.55. The fraction of sp³-hybridized carbons (Fsp3) is 0.267. The minimum atomic E-state index is -4.50. The van der Waals surface area contributed by atoms with Crippen LogP contribution in [0.5, 0.6) is 0 Å². The molecule has 126 valence electrons. The van der Waals surface area contributed by atoms with Gasteiger partial charge in [-0.1, -0.05) is 0 Å². The summed E-state index contributed by atoms with van der Waals surface area (Å²) in [6, 6.07) is 2.70. The van der Waals surface area contributed by atoms with E-state index in [-0.39, 0.29) is 11.3 Å². The standard InChI is InChI=1S/C15H14F3N5O/c1-8(11-6-20-7-21-11)23-12-5-9(15(16,17)18)3-4-10(12)13(19-2)22-14(23)24/h3-8H,1-2H3,(H,20,21)(H,19,22,24)/t8-/m0/s1. The molecule has 2 N–H and O–H groups in total. The van der Waals surface area contributed by atoms with Crippen molar-refractivity contribution in [2.75, 3.05) is 12.4 Å². The van der Waals surface area contributed by atoms with Gasteiger partial charge in [0.05, 0.1) is 35.3 Å². The molecule has 0 unspecified atom stereocenters. The number of fused-ring (bicyclic) bond motifs is 1. The Labute approximate surface area is 134 Å². The normalized spacial score (nSPS) is 13.2. The van der Waals surface area contributed by atoms with Gasteiger partial charge in [0.25, 0.3) is 0 Å². The lowest BCUT2D eigenvalue weighted by Gasteiger charge is -2.18. The number of hydrogen-bond donors (Lipinski definition) is 2. The molecule has 0 radical (unpaired) electrons. The van der Waals surface area contributed by atoms with Crippen LogP contribution in [0.3, 0.4) is 0 Å². The van der Waals surface area contributed by atoms with E-state index in [9.17, 15) is 18.0 Å². The molecule has 0 fully saturated rings. The van der Waals surface area contributed by atoms with Gasteiger partial charge in [-0.25, -0.2) is 9.78 Å². The summed E-state index contributed by atoms with van der Waals surface area (Å²) in [7, 11) is 1.56. The first-order chi connectivity index (χ1) is 11.3. The number of benzene rings is 1. The highest BCUT2D eigenvalue weighted by Crippen LogP contribution is 2.33. The van der Waals surface area contributed by atoms with Gasteiger partial charge in [0, 0.05) is 12.4 Å². The summed E-state index contributed by atoms with van der Waals surface area (Å²) in [5.41, 5.74) is -0.729. The highest BCUT2D eigenvalue weighted by molar-refractivity contribution is 5.90. The lowest BCUT2D eigenvalue weighted by atomic mass is 10.1. The van der Waals surface area contributed by atoms with E-state index in [0.29, 0.717) is 11.1 Å². The first-order valence-electron chi connectivity index (χ1n) is 7.12. The fourth-order valence-electron chi connectivity index (χ4n) is 2.62. The third-order valence-corrected chi connectivity index (χ3v) is 3.85. The van der Waals surface area contributed by atoms with Gasteiger partial charge in [-0.05, 0) is 25.1 Å². The second-order valence-electron chi connectivity index (χ2n) is 5.28. The molecule has 2 heterocycles. The average Bonchev–Trinajstić information content (AvgIpc) is 3.06. The second-order valence-corrected chi connectivity index (χ2v) is 5.28. The maximum absolute atomic E-state index is 13.1. The van der Waals surface area contributed by atoms with Crippen molar-refractivity contribution in [2.45, 2.75) is 19.1 Å². The van der Waals surface area contributed by atoms with Crippen LogP contribution in [0.15, 0.2) is 35.5 Å². The van der Waals surface area contributed by atoms with Gasteiger partial charge >= 0.3 is 11.9 Å². The molecule has 3 aromatic rings. The monoisotopic (exact) mass is 337 g/mol. The zero-order chi connectivity index (χ0) is 17.5. The molecule has 0 aliphatic carbocycles. The van der Waals surface area contributed by atoms with Crippen LogP contribution in [0, 0.1) is 0 Å². The van der Waals surface area contributed by atoms with Gasteiger partial charge in [-0.3, -0.25) is 4.57 Å². The Kier molecular flexibility index (Phi) is 3.78. The fourth-order valence-corrected chi connectivity index (χ4v) is 2.62. The summed E-state index contributed by atoms with van der Waals surface area (Å²) in [5, 5.41) is 3.17. The van der Waals surface area contributed by atoms with Crippen LogP contribution in [0.2, 0.25) is 0 Å². The lowest BCUT2D eigenvalue weighted by Crippen LogP contribution is -2.28. The third kappa shape index (κ3) is 2.61. The van der Waals surface area contributed by atoms with Gasteiger partial charge in [0.2, 0.25) is 0 Å². The smallest absolute Gasteiger partial charge is 0.372 e. The molecule has 0 spiro atoms. The van der Waals surface area contributed by atoms with Crippen molar-refractivity contribution < 1.29 is 13.2 Å². The van der Waals surface area contributed by atoms with E-state index in [1.54, 1.807) is 14.0 Å². The molecule has 2 aromatic heterocycles. The van der Waals surface area contributed by atoms with Gasteiger partial charge in [0.15, 0.2) is 0 Å². The van der Waals surface area contributed by atoms with Crippen molar-refractivity contribution in [3.05, 3.63) is 52.5 Å². The first kappa shape index (κ1) is 16.0. The van der Waals surface area contributed by atoms with Gasteiger partial charge in [-0.2, -0.15) is 18.2 Å². The van der Waals surface area contributed by atoms with Crippen LogP contribution in [0.1, 0.15) is 24.2 Å². The number of alkyl halides is 3. The van der Waals surface area contributed by atoms with E-state index in [4.69, 9.17) is 0 Å². The molecule has 24 heavy (non-hydrogen) atoms. The predicted molar refractivity (Wildman–Crippen MR) is 83.0 cm³/mol. The van der Waals surface area contributed by atoms with Crippen LogP contribution in [-0.4, -0.2) is 26.6 Å². The van der Waals surface area contributed by atoms with Crippen molar-refractivity contribution in [2.24, 2.45) is 0 Å². The number of rotatable bonds is 3. The van der Waals surface area contributed by atoms with Gasteiger partial charge in [0.1, 0.15) is 5.82 Å². The van der Waals surface area contributed by atoms with E-state index in [1.165, 1.54) is 23.2 Å². The molecule has 1 aromatic carbocycles. The third-order valence-electron chi connectivity index (χ3n) is 3.85. The Hall–Kier alpha value is -2.84. The van der Waals surface area contributed by atoms with E-state index in [2.05, 4.69) is 20.3 Å². The van der Waals surface area contributed by atoms with E-state index in [0.717, 1.165) is 12.1 Å². The van der Waals surface area contributed by atoms with Crippen LogP contribution in [0.25, 0.3) is 10.9 Å². The summed E-state index contributed by atoms with van der Waals surface area (Å²) in [4.78, 5) is 23.1. The van der Waals surface area contributed by atoms with Crippen molar-refractivity contribution in [1.82, 2.24) is 19.5 Å². The Morgan fingerprint density at radius 2 is 2.08 bits per heavy atom. The molecule has 0 aliphatic rings. The molecular formula is C15H14F3N5O. The second kappa shape index (κ2) is 5.66. The molecule has 0 amide bonds. The molecular weight excluding hydrogens is 323 g/mol. The first-order valence-corrected chi connectivity index (χ1v) is 7.12. The molecule has 6 nitrogen and oxygen atoms in total. The molecule has 0 bridgehead atoms. The summed E-state index contributed by atoms with van der Waals surface area (Å²) in [6.45, 7) is 1.69. The van der Waals surface area contributed by atoms with Gasteiger partial charge in [-0.15, -0.1) is 0 Å². The van der Waals surface area contributed by atoms with Gasteiger partial charge < -0.3 is 10.3 Å². The number of H-pyrrole nitrogens is 1. The maximum atomic E-state index is 13.1. The largest absolute Gasteiger partial charge is 0.416 e. The molecule has 0 saturated heterocycles.